The van der Waals surface area contributed by atoms with Gasteiger partial charge < -0.3 is 4.52 Å². The van der Waals surface area contributed by atoms with E-state index in [-0.39, 0.29) is 0 Å². The van der Waals surface area contributed by atoms with E-state index in [2.05, 4.69) is 31.3 Å². The van der Waals surface area contributed by atoms with E-state index in [0.29, 0.717) is 11.7 Å². The molecule has 4 heterocycles. The number of piperidine rings is 1. The maximum absolute atomic E-state index is 6.00. The van der Waals surface area contributed by atoms with Crippen molar-refractivity contribution in [2.24, 2.45) is 0 Å². The molecule has 0 aromatic carbocycles. The fourth-order valence-electron chi connectivity index (χ4n) is 2.94. The van der Waals surface area contributed by atoms with Crippen LogP contribution in [0.25, 0.3) is 11.4 Å². The largest absolute Gasteiger partial charge is 0.339 e. The van der Waals surface area contributed by atoms with Gasteiger partial charge in [-0.05, 0) is 44.1 Å². The summed E-state index contributed by atoms with van der Waals surface area (Å²) in [7, 11) is 0. The van der Waals surface area contributed by atoms with Crippen LogP contribution in [0.15, 0.2) is 35.1 Å². The van der Waals surface area contributed by atoms with Crippen molar-refractivity contribution in [2.75, 3.05) is 13.1 Å². The quantitative estimate of drug-likeness (QED) is 0.707. The first-order valence-corrected chi connectivity index (χ1v) is 9.04. The van der Waals surface area contributed by atoms with E-state index < -0.39 is 0 Å². The lowest BCUT2D eigenvalue weighted by molar-refractivity contribution is 0.189. The normalized spacial score (nSPS) is 16.5. The van der Waals surface area contributed by atoms with E-state index >= 15 is 0 Å². The SMILES string of the molecule is Clc1ccc(CN2CCC(c3nc(-c4ccnnc4)no3)CC2)s1. The lowest BCUT2D eigenvalue weighted by Gasteiger charge is -2.29. The Morgan fingerprint density at radius 1 is 1.21 bits per heavy atom. The topological polar surface area (TPSA) is 67.9 Å². The summed E-state index contributed by atoms with van der Waals surface area (Å²) in [4.78, 5) is 8.29. The van der Waals surface area contributed by atoms with E-state index in [4.69, 9.17) is 16.1 Å². The molecule has 0 atom stereocenters. The monoisotopic (exact) mass is 361 g/mol. The predicted octanol–water partition coefficient (Wildman–Crippen LogP) is 3.62. The lowest BCUT2D eigenvalue weighted by atomic mass is 9.97. The van der Waals surface area contributed by atoms with E-state index in [1.165, 1.54) is 4.88 Å². The van der Waals surface area contributed by atoms with Gasteiger partial charge in [-0.2, -0.15) is 15.2 Å². The highest BCUT2D eigenvalue weighted by Crippen LogP contribution is 2.30. The number of halogens is 1. The molecular weight excluding hydrogens is 346 g/mol. The summed E-state index contributed by atoms with van der Waals surface area (Å²) in [5.41, 5.74) is 0.826. The molecule has 0 aliphatic carbocycles. The van der Waals surface area contributed by atoms with Gasteiger partial charge in [-0.15, -0.1) is 11.3 Å². The number of thiophene rings is 1. The molecule has 124 valence electrons. The zero-order valence-corrected chi connectivity index (χ0v) is 14.5. The number of rotatable bonds is 4. The predicted molar refractivity (Wildman–Crippen MR) is 91.9 cm³/mol. The number of likely N-dealkylation sites (tertiary alicyclic amines) is 1. The van der Waals surface area contributed by atoms with Crippen molar-refractivity contribution in [3.8, 4) is 11.4 Å². The summed E-state index contributed by atoms with van der Waals surface area (Å²) >= 11 is 7.65. The molecule has 0 unspecified atom stereocenters. The smallest absolute Gasteiger partial charge is 0.230 e. The average Bonchev–Trinajstić information content (AvgIpc) is 3.26. The van der Waals surface area contributed by atoms with Gasteiger partial charge in [0.2, 0.25) is 11.7 Å². The Balaban J connectivity index is 1.37. The summed E-state index contributed by atoms with van der Waals surface area (Å²) in [6, 6.07) is 5.89. The van der Waals surface area contributed by atoms with Crippen LogP contribution in [0, 0.1) is 0 Å². The van der Waals surface area contributed by atoms with Gasteiger partial charge in [0.25, 0.3) is 0 Å². The van der Waals surface area contributed by atoms with Gasteiger partial charge in [-0.3, -0.25) is 4.90 Å². The minimum absolute atomic E-state index is 0.323. The Kier molecular flexibility index (Phi) is 4.55. The van der Waals surface area contributed by atoms with E-state index in [1.54, 1.807) is 23.7 Å². The maximum atomic E-state index is 6.00. The van der Waals surface area contributed by atoms with Gasteiger partial charge in [0.1, 0.15) is 0 Å². The van der Waals surface area contributed by atoms with Crippen LogP contribution in [-0.4, -0.2) is 38.3 Å². The molecule has 4 rings (SSSR count). The fourth-order valence-corrected chi connectivity index (χ4v) is 4.07. The molecule has 24 heavy (non-hydrogen) atoms. The van der Waals surface area contributed by atoms with Crippen LogP contribution in [-0.2, 0) is 6.54 Å². The van der Waals surface area contributed by atoms with Crippen LogP contribution in [0.1, 0.15) is 29.5 Å². The third-order valence-corrected chi connectivity index (χ3v) is 5.45. The number of nitrogens with zero attached hydrogens (tertiary/aromatic N) is 5. The molecule has 0 spiro atoms. The summed E-state index contributed by atoms with van der Waals surface area (Å²) < 4.78 is 6.32. The summed E-state index contributed by atoms with van der Waals surface area (Å²) in [5.74, 6) is 1.63. The number of hydrogen-bond acceptors (Lipinski definition) is 7. The van der Waals surface area contributed by atoms with Crippen molar-refractivity contribution in [3.63, 3.8) is 0 Å². The molecule has 0 saturated carbocycles. The zero-order chi connectivity index (χ0) is 16.4. The van der Waals surface area contributed by atoms with Gasteiger partial charge in [-0.1, -0.05) is 16.8 Å². The standard InChI is InChI=1S/C16H16ClN5OS/c17-14-2-1-13(24-14)10-22-7-4-11(5-8-22)16-20-15(21-23-16)12-3-6-18-19-9-12/h1-3,6,9,11H,4-5,7-8,10H2. The van der Waals surface area contributed by atoms with Crippen LogP contribution in [0.3, 0.4) is 0 Å². The van der Waals surface area contributed by atoms with E-state index in [1.807, 2.05) is 12.1 Å². The van der Waals surface area contributed by atoms with Crippen molar-refractivity contribution in [3.05, 3.63) is 45.7 Å². The Hall–Kier alpha value is -1.83. The van der Waals surface area contributed by atoms with Crippen LogP contribution in [0.2, 0.25) is 4.34 Å². The Morgan fingerprint density at radius 2 is 2.08 bits per heavy atom. The molecule has 8 heteroatoms. The Labute approximate surface area is 148 Å². The first-order valence-electron chi connectivity index (χ1n) is 7.85. The minimum Gasteiger partial charge on any atom is -0.339 e. The van der Waals surface area contributed by atoms with Crippen LogP contribution in [0.5, 0.6) is 0 Å². The Bertz CT molecular complexity index is 798. The highest BCUT2D eigenvalue weighted by molar-refractivity contribution is 7.16. The first kappa shape index (κ1) is 15.7. The summed E-state index contributed by atoms with van der Waals surface area (Å²) in [6.45, 7) is 3.01. The second-order valence-electron chi connectivity index (χ2n) is 5.84. The van der Waals surface area contributed by atoms with Gasteiger partial charge in [0.15, 0.2) is 0 Å². The second-order valence-corrected chi connectivity index (χ2v) is 7.64. The van der Waals surface area contributed by atoms with Gasteiger partial charge in [0, 0.05) is 22.9 Å². The van der Waals surface area contributed by atoms with Gasteiger partial charge in [0.05, 0.1) is 16.7 Å². The zero-order valence-electron chi connectivity index (χ0n) is 12.9. The molecule has 1 saturated heterocycles. The lowest BCUT2D eigenvalue weighted by Crippen LogP contribution is -2.32. The molecule has 0 radical (unpaired) electrons. The van der Waals surface area contributed by atoms with Crippen molar-refractivity contribution in [2.45, 2.75) is 25.3 Å². The minimum atomic E-state index is 0.323. The third kappa shape index (κ3) is 3.48. The van der Waals surface area contributed by atoms with Crippen LogP contribution >= 0.6 is 22.9 Å². The van der Waals surface area contributed by atoms with Crippen molar-refractivity contribution >= 4 is 22.9 Å². The maximum Gasteiger partial charge on any atom is 0.230 e. The molecule has 1 aliphatic heterocycles. The first-order chi connectivity index (χ1) is 11.8. The highest BCUT2D eigenvalue weighted by Gasteiger charge is 2.25. The molecule has 3 aromatic rings. The molecule has 6 nitrogen and oxygen atoms in total. The second kappa shape index (κ2) is 6.96. The highest BCUT2D eigenvalue weighted by atomic mass is 35.5. The van der Waals surface area contributed by atoms with Crippen molar-refractivity contribution in [1.29, 1.82) is 0 Å². The van der Waals surface area contributed by atoms with Crippen molar-refractivity contribution in [1.82, 2.24) is 25.2 Å². The molecule has 0 bridgehead atoms. The van der Waals surface area contributed by atoms with Crippen molar-refractivity contribution < 1.29 is 4.52 Å². The number of aromatic nitrogens is 4. The average molecular weight is 362 g/mol. The van der Waals surface area contributed by atoms with E-state index in [9.17, 15) is 0 Å². The van der Waals surface area contributed by atoms with Gasteiger partial charge in [-0.25, -0.2) is 0 Å². The van der Waals surface area contributed by atoms with Crippen LogP contribution < -0.4 is 0 Å². The molecule has 3 aromatic heterocycles. The van der Waals surface area contributed by atoms with E-state index in [0.717, 1.165) is 48.3 Å². The summed E-state index contributed by atoms with van der Waals surface area (Å²) in [6.07, 6.45) is 5.31. The molecule has 0 amide bonds. The third-order valence-electron chi connectivity index (χ3n) is 4.23. The molecular formula is C16H16ClN5OS. The molecule has 1 aliphatic rings. The fraction of sp³-hybridized carbons (Fsp3) is 0.375. The van der Waals surface area contributed by atoms with Gasteiger partial charge >= 0.3 is 0 Å². The van der Waals surface area contributed by atoms with Crippen LogP contribution in [0.4, 0.5) is 0 Å². The Morgan fingerprint density at radius 3 is 2.79 bits per heavy atom. The molecule has 1 fully saturated rings. The summed E-state index contributed by atoms with van der Waals surface area (Å²) in [5, 5.41) is 11.7. The number of hydrogen-bond donors (Lipinski definition) is 0. The molecule has 0 N–H and O–H groups in total.